The average Bonchev–Trinajstić information content (AvgIpc) is 2.66. The van der Waals surface area contributed by atoms with Crippen LogP contribution in [0.3, 0.4) is 0 Å². The van der Waals surface area contributed by atoms with Crippen LogP contribution < -0.4 is 10.6 Å². The van der Waals surface area contributed by atoms with E-state index < -0.39 is 42.3 Å². The zero-order valence-electron chi connectivity index (χ0n) is 15.2. The van der Waals surface area contributed by atoms with Crippen molar-refractivity contribution in [3.8, 4) is 0 Å². The molecular formula is C17H27N3O7. The lowest BCUT2D eigenvalue weighted by molar-refractivity contribution is -0.147. The van der Waals surface area contributed by atoms with Crippen LogP contribution in [-0.2, 0) is 19.1 Å². The van der Waals surface area contributed by atoms with Gasteiger partial charge in [-0.2, -0.15) is 0 Å². The SMILES string of the molecule is O=C(O)C[C@@H](NC(=O)C1CCCN(C(=O)OCC2CCNCC2)C1)C(=O)O. The second-order valence-corrected chi connectivity index (χ2v) is 7.05. The Labute approximate surface area is 157 Å². The number of carboxylic acid groups (broad SMARTS) is 2. The Bertz CT molecular complexity index is 563. The fourth-order valence-electron chi connectivity index (χ4n) is 3.35. The quantitative estimate of drug-likeness (QED) is 0.474. The zero-order valence-corrected chi connectivity index (χ0v) is 15.2. The molecule has 0 aromatic carbocycles. The topological polar surface area (TPSA) is 145 Å². The molecule has 0 spiro atoms. The van der Waals surface area contributed by atoms with Crippen molar-refractivity contribution in [1.29, 1.82) is 0 Å². The van der Waals surface area contributed by atoms with Gasteiger partial charge in [0.1, 0.15) is 6.04 Å². The lowest BCUT2D eigenvalue weighted by atomic mass is 9.97. The zero-order chi connectivity index (χ0) is 19.8. The van der Waals surface area contributed by atoms with E-state index in [1.54, 1.807) is 0 Å². The number of hydrogen-bond acceptors (Lipinski definition) is 6. The second kappa shape index (κ2) is 10.1. The highest BCUT2D eigenvalue weighted by Crippen LogP contribution is 2.19. The highest BCUT2D eigenvalue weighted by molar-refractivity contribution is 5.88. The van der Waals surface area contributed by atoms with Gasteiger partial charge in [-0.1, -0.05) is 0 Å². The van der Waals surface area contributed by atoms with Crippen molar-refractivity contribution < 1.29 is 34.1 Å². The van der Waals surface area contributed by atoms with Crippen LogP contribution in [0.5, 0.6) is 0 Å². The number of rotatable bonds is 7. The summed E-state index contributed by atoms with van der Waals surface area (Å²) in [5, 5.41) is 23.3. The van der Waals surface area contributed by atoms with Gasteiger partial charge in [0, 0.05) is 13.1 Å². The van der Waals surface area contributed by atoms with Gasteiger partial charge in [0.2, 0.25) is 5.91 Å². The maximum atomic E-state index is 12.3. The molecule has 10 heteroatoms. The fourth-order valence-corrected chi connectivity index (χ4v) is 3.35. The molecule has 0 aromatic rings. The largest absolute Gasteiger partial charge is 0.481 e. The van der Waals surface area contributed by atoms with Crippen LogP contribution in [-0.4, -0.2) is 77.9 Å². The van der Waals surface area contributed by atoms with Crippen molar-refractivity contribution in [1.82, 2.24) is 15.5 Å². The molecule has 2 atom stereocenters. The molecule has 152 valence electrons. The Morgan fingerprint density at radius 1 is 1.15 bits per heavy atom. The lowest BCUT2D eigenvalue weighted by Gasteiger charge is -2.32. The van der Waals surface area contributed by atoms with Crippen molar-refractivity contribution in [2.45, 2.75) is 38.1 Å². The molecule has 2 aliphatic heterocycles. The monoisotopic (exact) mass is 385 g/mol. The summed E-state index contributed by atoms with van der Waals surface area (Å²) in [6.07, 6.45) is 1.85. The number of piperidine rings is 2. The van der Waals surface area contributed by atoms with E-state index >= 15 is 0 Å². The van der Waals surface area contributed by atoms with Crippen LogP contribution in [0.15, 0.2) is 0 Å². The van der Waals surface area contributed by atoms with Crippen LogP contribution in [0.4, 0.5) is 4.79 Å². The predicted molar refractivity (Wildman–Crippen MR) is 93.1 cm³/mol. The van der Waals surface area contributed by atoms with Crippen molar-refractivity contribution in [3.05, 3.63) is 0 Å². The molecule has 2 amide bonds. The minimum Gasteiger partial charge on any atom is -0.481 e. The third kappa shape index (κ3) is 6.70. The second-order valence-electron chi connectivity index (χ2n) is 7.05. The molecule has 0 bridgehead atoms. The number of aliphatic carboxylic acids is 2. The van der Waals surface area contributed by atoms with E-state index in [9.17, 15) is 19.2 Å². The smallest absolute Gasteiger partial charge is 0.409 e. The van der Waals surface area contributed by atoms with E-state index in [1.165, 1.54) is 4.90 Å². The normalized spacial score (nSPS) is 21.9. The summed E-state index contributed by atoms with van der Waals surface area (Å²) in [5.41, 5.74) is 0. The fraction of sp³-hybridized carbons (Fsp3) is 0.765. The average molecular weight is 385 g/mol. The van der Waals surface area contributed by atoms with Crippen LogP contribution in [0.1, 0.15) is 32.1 Å². The number of amides is 2. The standard InChI is InChI=1S/C17H27N3O7/c21-14(22)8-13(16(24)25)19-15(23)12-2-1-7-20(9-12)17(26)27-10-11-3-5-18-6-4-11/h11-13,18H,1-10H2,(H,19,23)(H,21,22)(H,24,25)/t12?,13-/m1/s1. The molecule has 27 heavy (non-hydrogen) atoms. The number of nitrogens with zero attached hydrogens (tertiary/aromatic N) is 1. The first-order valence-corrected chi connectivity index (χ1v) is 9.24. The van der Waals surface area contributed by atoms with Crippen LogP contribution >= 0.6 is 0 Å². The summed E-state index contributed by atoms with van der Waals surface area (Å²) >= 11 is 0. The van der Waals surface area contributed by atoms with Gasteiger partial charge in [-0.05, 0) is 44.7 Å². The number of carbonyl (C=O) groups excluding carboxylic acids is 2. The van der Waals surface area contributed by atoms with E-state index in [4.69, 9.17) is 14.9 Å². The van der Waals surface area contributed by atoms with E-state index in [0.717, 1.165) is 25.9 Å². The van der Waals surface area contributed by atoms with Gasteiger partial charge in [0.05, 0.1) is 18.9 Å². The third-order valence-corrected chi connectivity index (χ3v) is 4.94. The molecule has 0 saturated carbocycles. The molecule has 2 fully saturated rings. The summed E-state index contributed by atoms with van der Waals surface area (Å²) in [6, 6.07) is -1.49. The number of hydrogen-bond donors (Lipinski definition) is 4. The number of carbonyl (C=O) groups is 4. The predicted octanol–water partition coefficient (Wildman–Crippen LogP) is -0.121. The van der Waals surface area contributed by atoms with Crippen LogP contribution in [0.2, 0.25) is 0 Å². The van der Waals surface area contributed by atoms with Gasteiger partial charge in [-0.25, -0.2) is 9.59 Å². The first-order chi connectivity index (χ1) is 12.9. The molecule has 0 aromatic heterocycles. The van der Waals surface area contributed by atoms with Crippen molar-refractivity contribution in [3.63, 3.8) is 0 Å². The maximum absolute atomic E-state index is 12.3. The Morgan fingerprint density at radius 2 is 1.85 bits per heavy atom. The van der Waals surface area contributed by atoms with Crippen molar-refractivity contribution in [2.24, 2.45) is 11.8 Å². The molecule has 10 nitrogen and oxygen atoms in total. The van der Waals surface area contributed by atoms with Gasteiger partial charge in [-0.3, -0.25) is 9.59 Å². The summed E-state index contributed by atoms with van der Waals surface area (Å²) in [5.74, 6) is -3.51. The molecule has 2 heterocycles. The molecular weight excluding hydrogens is 358 g/mol. The molecule has 2 aliphatic rings. The Kier molecular flexibility index (Phi) is 7.83. The number of likely N-dealkylation sites (tertiary alicyclic amines) is 1. The van der Waals surface area contributed by atoms with E-state index in [1.807, 2.05) is 0 Å². The Balaban J connectivity index is 1.82. The number of nitrogens with one attached hydrogen (secondary N) is 2. The van der Waals surface area contributed by atoms with Gasteiger partial charge in [0.25, 0.3) is 0 Å². The van der Waals surface area contributed by atoms with Crippen LogP contribution in [0.25, 0.3) is 0 Å². The summed E-state index contributed by atoms with van der Waals surface area (Å²) in [7, 11) is 0. The van der Waals surface area contributed by atoms with Crippen molar-refractivity contribution >= 4 is 23.9 Å². The summed E-state index contributed by atoms with van der Waals surface area (Å²) < 4.78 is 5.38. The molecule has 2 rings (SSSR count). The molecule has 0 radical (unpaired) electrons. The third-order valence-electron chi connectivity index (χ3n) is 4.94. The van der Waals surface area contributed by atoms with Gasteiger partial charge >= 0.3 is 18.0 Å². The van der Waals surface area contributed by atoms with Crippen molar-refractivity contribution in [2.75, 3.05) is 32.8 Å². The highest BCUT2D eigenvalue weighted by atomic mass is 16.6. The van der Waals surface area contributed by atoms with Crippen LogP contribution in [0, 0.1) is 11.8 Å². The van der Waals surface area contributed by atoms with Gasteiger partial charge in [-0.15, -0.1) is 0 Å². The molecule has 2 saturated heterocycles. The maximum Gasteiger partial charge on any atom is 0.409 e. The molecule has 0 aliphatic carbocycles. The summed E-state index contributed by atoms with van der Waals surface area (Å²) in [4.78, 5) is 47.9. The minimum atomic E-state index is -1.49. The first-order valence-electron chi connectivity index (χ1n) is 9.24. The van der Waals surface area contributed by atoms with Gasteiger partial charge in [0.15, 0.2) is 0 Å². The molecule has 1 unspecified atom stereocenters. The van der Waals surface area contributed by atoms with E-state index in [-0.39, 0.29) is 6.54 Å². The lowest BCUT2D eigenvalue weighted by Crippen LogP contribution is -2.50. The number of ether oxygens (including phenoxy) is 1. The summed E-state index contributed by atoms with van der Waals surface area (Å²) in [6.45, 7) is 2.79. The van der Waals surface area contributed by atoms with E-state index in [2.05, 4.69) is 10.6 Å². The van der Waals surface area contributed by atoms with E-state index in [0.29, 0.717) is 31.9 Å². The minimum absolute atomic E-state index is 0.135. The first kappa shape index (κ1) is 20.9. The van der Waals surface area contributed by atoms with Gasteiger partial charge < -0.3 is 30.5 Å². The molecule has 4 N–H and O–H groups in total. The Hall–Kier alpha value is -2.36. The highest BCUT2D eigenvalue weighted by Gasteiger charge is 2.32. The Morgan fingerprint density at radius 3 is 2.48 bits per heavy atom. The number of carboxylic acids is 2.